The highest BCUT2D eigenvalue weighted by Gasteiger charge is 2.13. The van der Waals surface area contributed by atoms with E-state index in [-0.39, 0.29) is 0 Å². The zero-order valence-corrected chi connectivity index (χ0v) is 13.3. The third-order valence-electron chi connectivity index (χ3n) is 3.71. The van der Waals surface area contributed by atoms with Gasteiger partial charge in [0.25, 0.3) is 0 Å². The Bertz CT molecular complexity index is 585. The molecule has 2 heteroatoms. The Morgan fingerprint density at radius 1 is 1.05 bits per heavy atom. The number of hydrogen-bond donors (Lipinski definition) is 1. The van der Waals surface area contributed by atoms with Gasteiger partial charge in [0, 0.05) is 0 Å². The molecule has 0 radical (unpaired) electrons. The van der Waals surface area contributed by atoms with Crippen molar-refractivity contribution in [3.05, 3.63) is 64.7 Å². The monoisotopic (exact) mass is 284 g/mol. The third-order valence-corrected chi connectivity index (χ3v) is 3.71. The number of aryl methyl sites for hydroxylation is 1. The van der Waals surface area contributed by atoms with Crippen LogP contribution in [0.1, 0.15) is 42.2 Å². The quantitative estimate of drug-likeness (QED) is 0.887. The summed E-state index contributed by atoms with van der Waals surface area (Å²) in [6, 6.07) is 14.0. The predicted molar refractivity (Wildman–Crippen MR) is 86.8 cm³/mol. The number of aliphatic hydroxyl groups excluding tert-OH is 1. The molecule has 0 fully saturated rings. The maximum absolute atomic E-state index is 10.6. The van der Waals surface area contributed by atoms with Gasteiger partial charge in [0.05, 0.1) is 7.11 Å². The van der Waals surface area contributed by atoms with Gasteiger partial charge in [0.1, 0.15) is 11.9 Å². The fourth-order valence-electron chi connectivity index (χ4n) is 2.57. The molecule has 0 bridgehead atoms. The molecule has 0 aliphatic heterocycles. The summed E-state index contributed by atoms with van der Waals surface area (Å²) in [7, 11) is 1.65. The molecule has 0 saturated heterocycles. The lowest BCUT2D eigenvalue weighted by atomic mass is 9.95. The number of aliphatic hydroxyl groups is 1. The summed E-state index contributed by atoms with van der Waals surface area (Å²) in [5, 5.41) is 10.6. The van der Waals surface area contributed by atoms with Crippen molar-refractivity contribution < 1.29 is 9.84 Å². The molecule has 2 nitrogen and oxygen atoms in total. The van der Waals surface area contributed by atoms with Gasteiger partial charge in [-0.25, -0.2) is 0 Å². The molecule has 2 aromatic rings. The van der Waals surface area contributed by atoms with E-state index in [1.807, 2.05) is 37.3 Å². The second-order valence-electron chi connectivity index (χ2n) is 5.96. The van der Waals surface area contributed by atoms with Gasteiger partial charge < -0.3 is 9.84 Å². The number of ether oxygens (including phenoxy) is 1. The number of methoxy groups -OCH3 is 1. The Hall–Kier alpha value is -1.80. The number of benzene rings is 2. The number of rotatable bonds is 5. The van der Waals surface area contributed by atoms with Gasteiger partial charge in [-0.3, -0.25) is 0 Å². The van der Waals surface area contributed by atoms with E-state index in [1.165, 1.54) is 5.56 Å². The van der Waals surface area contributed by atoms with Crippen molar-refractivity contribution in [2.75, 3.05) is 7.11 Å². The summed E-state index contributed by atoms with van der Waals surface area (Å²) in [5.74, 6) is 1.46. The van der Waals surface area contributed by atoms with Crippen LogP contribution >= 0.6 is 0 Å². The molecule has 1 N–H and O–H groups in total. The van der Waals surface area contributed by atoms with E-state index in [0.29, 0.717) is 5.92 Å². The first kappa shape index (κ1) is 15.6. The van der Waals surface area contributed by atoms with Crippen molar-refractivity contribution in [2.45, 2.75) is 33.3 Å². The molecule has 0 aliphatic carbocycles. The van der Waals surface area contributed by atoms with E-state index in [2.05, 4.69) is 26.0 Å². The normalized spacial score (nSPS) is 12.5. The minimum atomic E-state index is -0.594. The van der Waals surface area contributed by atoms with Crippen molar-refractivity contribution in [3.63, 3.8) is 0 Å². The highest BCUT2D eigenvalue weighted by molar-refractivity contribution is 5.40. The molecule has 0 spiro atoms. The van der Waals surface area contributed by atoms with Crippen molar-refractivity contribution in [1.29, 1.82) is 0 Å². The molecule has 0 aromatic heterocycles. The lowest BCUT2D eigenvalue weighted by Crippen LogP contribution is -2.03. The fraction of sp³-hybridized carbons (Fsp3) is 0.368. The van der Waals surface area contributed by atoms with E-state index in [4.69, 9.17) is 4.74 Å². The maximum atomic E-state index is 10.6. The average molecular weight is 284 g/mol. The standard InChI is InChI=1S/C19H24O2/c1-13(2)11-15-5-7-16(8-6-15)19(20)18-10-9-17(21-4)12-14(18)3/h5-10,12-13,19-20H,11H2,1-4H3. The van der Waals surface area contributed by atoms with E-state index in [9.17, 15) is 5.11 Å². The Morgan fingerprint density at radius 3 is 2.24 bits per heavy atom. The van der Waals surface area contributed by atoms with E-state index in [0.717, 1.165) is 28.9 Å². The summed E-state index contributed by atoms with van der Waals surface area (Å²) in [6.45, 7) is 6.42. The molecule has 0 aliphatic rings. The Labute approximate surface area is 127 Å². The van der Waals surface area contributed by atoms with Gasteiger partial charge >= 0.3 is 0 Å². The van der Waals surface area contributed by atoms with Crippen LogP contribution in [0.25, 0.3) is 0 Å². The maximum Gasteiger partial charge on any atom is 0.119 e. The van der Waals surface area contributed by atoms with Crippen LogP contribution in [0.3, 0.4) is 0 Å². The summed E-state index contributed by atoms with van der Waals surface area (Å²) in [4.78, 5) is 0. The van der Waals surface area contributed by atoms with Gasteiger partial charge in [-0.2, -0.15) is 0 Å². The lowest BCUT2D eigenvalue weighted by molar-refractivity contribution is 0.219. The molecule has 112 valence electrons. The van der Waals surface area contributed by atoms with Crippen LogP contribution in [-0.4, -0.2) is 12.2 Å². The first-order valence-corrected chi connectivity index (χ1v) is 7.42. The molecule has 0 saturated carbocycles. The Balaban J connectivity index is 2.21. The van der Waals surface area contributed by atoms with Gasteiger partial charge in [0.15, 0.2) is 0 Å². The van der Waals surface area contributed by atoms with Crippen LogP contribution in [0.5, 0.6) is 5.75 Å². The molecule has 2 rings (SSSR count). The molecule has 2 aromatic carbocycles. The van der Waals surface area contributed by atoms with Gasteiger partial charge in [0.2, 0.25) is 0 Å². The van der Waals surface area contributed by atoms with Gasteiger partial charge in [-0.15, -0.1) is 0 Å². The molecular weight excluding hydrogens is 260 g/mol. The number of hydrogen-bond acceptors (Lipinski definition) is 2. The van der Waals surface area contributed by atoms with E-state index < -0.39 is 6.10 Å². The minimum absolute atomic E-state index is 0.594. The van der Waals surface area contributed by atoms with E-state index >= 15 is 0 Å². The molecule has 0 heterocycles. The van der Waals surface area contributed by atoms with Gasteiger partial charge in [-0.05, 0) is 53.6 Å². The minimum Gasteiger partial charge on any atom is -0.497 e. The first-order valence-electron chi connectivity index (χ1n) is 7.42. The lowest BCUT2D eigenvalue weighted by Gasteiger charge is -2.16. The molecule has 1 unspecified atom stereocenters. The highest BCUT2D eigenvalue weighted by Crippen LogP contribution is 2.27. The molecule has 1 atom stereocenters. The summed E-state index contributed by atoms with van der Waals surface area (Å²) < 4.78 is 5.21. The molecular formula is C19H24O2. The summed E-state index contributed by atoms with van der Waals surface area (Å²) in [5.41, 5.74) is 4.20. The smallest absolute Gasteiger partial charge is 0.119 e. The van der Waals surface area contributed by atoms with Crippen LogP contribution < -0.4 is 4.74 Å². The molecule has 0 amide bonds. The largest absolute Gasteiger partial charge is 0.497 e. The molecule has 21 heavy (non-hydrogen) atoms. The summed E-state index contributed by atoms with van der Waals surface area (Å²) >= 11 is 0. The fourth-order valence-corrected chi connectivity index (χ4v) is 2.57. The van der Waals surface area contributed by atoms with Crippen LogP contribution in [0, 0.1) is 12.8 Å². The van der Waals surface area contributed by atoms with Crippen LogP contribution in [-0.2, 0) is 6.42 Å². The summed E-state index contributed by atoms with van der Waals surface area (Å²) in [6.07, 6.45) is 0.474. The topological polar surface area (TPSA) is 29.5 Å². The van der Waals surface area contributed by atoms with Crippen LogP contribution in [0.4, 0.5) is 0 Å². The van der Waals surface area contributed by atoms with E-state index in [1.54, 1.807) is 7.11 Å². The second kappa shape index (κ2) is 6.77. The highest BCUT2D eigenvalue weighted by atomic mass is 16.5. The van der Waals surface area contributed by atoms with Crippen molar-refractivity contribution >= 4 is 0 Å². The van der Waals surface area contributed by atoms with Crippen LogP contribution in [0.15, 0.2) is 42.5 Å². The Kier molecular flexibility index (Phi) is 5.03. The second-order valence-corrected chi connectivity index (χ2v) is 5.96. The average Bonchev–Trinajstić information content (AvgIpc) is 2.46. The Morgan fingerprint density at radius 2 is 1.71 bits per heavy atom. The SMILES string of the molecule is COc1ccc(C(O)c2ccc(CC(C)C)cc2)c(C)c1. The van der Waals surface area contributed by atoms with Crippen LogP contribution in [0.2, 0.25) is 0 Å². The van der Waals surface area contributed by atoms with Crippen molar-refractivity contribution in [1.82, 2.24) is 0 Å². The van der Waals surface area contributed by atoms with Crippen molar-refractivity contribution in [3.8, 4) is 5.75 Å². The van der Waals surface area contributed by atoms with Gasteiger partial charge in [-0.1, -0.05) is 44.2 Å². The van der Waals surface area contributed by atoms with Crippen molar-refractivity contribution in [2.24, 2.45) is 5.92 Å². The third kappa shape index (κ3) is 3.85. The zero-order chi connectivity index (χ0) is 15.4. The first-order chi connectivity index (χ1) is 10.0. The predicted octanol–water partition coefficient (Wildman–Crippen LogP) is 4.28. The zero-order valence-electron chi connectivity index (χ0n) is 13.3.